The second-order valence-electron chi connectivity index (χ2n) is 8.86. The molecule has 0 spiro atoms. The Kier molecular flexibility index (Phi) is 5.25. The number of hydrogen-bond donors (Lipinski definition) is 0. The molecule has 5 nitrogen and oxygen atoms in total. The first-order valence-corrected chi connectivity index (χ1v) is 11.8. The molecule has 5 heteroatoms. The van der Waals surface area contributed by atoms with Crippen molar-refractivity contribution in [2.45, 2.75) is 32.2 Å². The number of methoxy groups -OCH3 is 2. The number of hydrogen-bond acceptors (Lipinski definition) is 4. The lowest BCUT2D eigenvalue weighted by Crippen LogP contribution is -2.41. The smallest absolute Gasteiger partial charge is 0.231 e. The van der Waals surface area contributed by atoms with Gasteiger partial charge in [0.05, 0.1) is 25.2 Å². The van der Waals surface area contributed by atoms with Gasteiger partial charge in [0, 0.05) is 17.4 Å². The third-order valence-corrected chi connectivity index (χ3v) is 6.98. The van der Waals surface area contributed by atoms with E-state index < -0.39 is 0 Å². The molecule has 172 valence electrons. The van der Waals surface area contributed by atoms with Crippen LogP contribution in [0.3, 0.4) is 0 Å². The van der Waals surface area contributed by atoms with Crippen molar-refractivity contribution in [2.75, 3.05) is 21.0 Å². The van der Waals surface area contributed by atoms with Gasteiger partial charge in [-0.25, -0.2) is 0 Å². The first kappa shape index (κ1) is 20.8. The van der Waals surface area contributed by atoms with Gasteiger partial charge < -0.3 is 18.9 Å². The van der Waals surface area contributed by atoms with Crippen molar-refractivity contribution in [1.82, 2.24) is 0 Å². The summed E-state index contributed by atoms with van der Waals surface area (Å²) in [6, 6.07) is 19.2. The molecule has 3 heterocycles. The van der Waals surface area contributed by atoms with Crippen LogP contribution in [0.15, 0.2) is 60.8 Å². The Bertz CT molecular complexity index is 1380. The lowest BCUT2D eigenvalue weighted by molar-refractivity contribution is -0.686. The van der Waals surface area contributed by atoms with E-state index in [9.17, 15) is 0 Å². The number of aromatic nitrogens is 1. The van der Waals surface area contributed by atoms with Crippen molar-refractivity contribution in [1.29, 1.82) is 0 Å². The Morgan fingerprint density at radius 1 is 0.882 bits per heavy atom. The fourth-order valence-corrected chi connectivity index (χ4v) is 5.38. The Labute approximate surface area is 199 Å². The summed E-state index contributed by atoms with van der Waals surface area (Å²) in [5.41, 5.74) is 6.53. The third kappa shape index (κ3) is 3.43. The largest absolute Gasteiger partial charge is 0.493 e. The number of benzene rings is 3. The fourth-order valence-electron chi connectivity index (χ4n) is 5.38. The Morgan fingerprint density at radius 2 is 1.71 bits per heavy atom. The van der Waals surface area contributed by atoms with E-state index in [0.29, 0.717) is 0 Å². The molecule has 3 aromatic carbocycles. The van der Waals surface area contributed by atoms with Crippen LogP contribution < -0.4 is 23.5 Å². The Morgan fingerprint density at radius 3 is 2.50 bits per heavy atom. The molecule has 0 N–H and O–H groups in total. The molecule has 2 aliphatic heterocycles. The summed E-state index contributed by atoms with van der Waals surface area (Å²) >= 11 is 0. The van der Waals surface area contributed by atoms with Gasteiger partial charge in [0.1, 0.15) is 0 Å². The van der Waals surface area contributed by atoms with E-state index in [4.69, 9.17) is 18.9 Å². The SMILES string of the molecule is COc1ccc2c(CCCc3ccccc3)c3[n+](cc2c1OC)CCc1cc2c(cc1-3)OCO2. The summed E-state index contributed by atoms with van der Waals surface area (Å²) < 4.78 is 25.2. The monoisotopic (exact) mass is 454 g/mol. The van der Waals surface area contributed by atoms with Crippen LogP contribution in [0.5, 0.6) is 23.0 Å². The normalized spacial score (nSPS) is 13.5. The highest BCUT2D eigenvalue weighted by atomic mass is 16.7. The zero-order valence-electron chi connectivity index (χ0n) is 19.6. The Balaban J connectivity index is 1.52. The molecule has 6 rings (SSSR count). The van der Waals surface area contributed by atoms with Gasteiger partial charge >= 0.3 is 0 Å². The minimum absolute atomic E-state index is 0.289. The molecule has 0 amide bonds. The van der Waals surface area contributed by atoms with Crippen molar-refractivity contribution in [3.63, 3.8) is 0 Å². The molecular formula is C29H28NO4+. The third-order valence-electron chi connectivity index (χ3n) is 6.98. The number of nitrogens with zero attached hydrogens (tertiary/aromatic N) is 1. The van der Waals surface area contributed by atoms with Crippen LogP contribution in [0.4, 0.5) is 0 Å². The van der Waals surface area contributed by atoms with Crippen molar-refractivity contribution in [2.24, 2.45) is 0 Å². The minimum atomic E-state index is 0.289. The zero-order valence-corrected chi connectivity index (χ0v) is 19.6. The van der Waals surface area contributed by atoms with E-state index in [-0.39, 0.29) is 6.79 Å². The summed E-state index contributed by atoms with van der Waals surface area (Å²) in [7, 11) is 3.40. The molecule has 0 aliphatic carbocycles. The highest BCUT2D eigenvalue weighted by Gasteiger charge is 2.32. The fraction of sp³-hybridized carbons (Fsp3) is 0.276. The van der Waals surface area contributed by atoms with Crippen LogP contribution in [0.2, 0.25) is 0 Å². The molecule has 0 saturated heterocycles. The molecule has 1 aromatic heterocycles. The quantitative estimate of drug-likeness (QED) is 0.372. The molecule has 0 bridgehead atoms. The lowest BCUT2D eigenvalue weighted by atomic mass is 9.89. The molecule has 0 atom stereocenters. The average Bonchev–Trinajstić information content (AvgIpc) is 3.34. The second-order valence-corrected chi connectivity index (χ2v) is 8.86. The summed E-state index contributed by atoms with van der Waals surface area (Å²) in [6.07, 6.45) is 6.23. The summed E-state index contributed by atoms with van der Waals surface area (Å²) in [4.78, 5) is 0. The molecule has 0 fully saturated rings. The van der Waals surface area contributed by atoms with Gasteiger partial charge in [-0.05, 0) is 54.7 Å². The van der Waals surface area contributed by atoms with E-state index >= 15 is 0 Å². The minimum Gasteiger partial charge on any atom is -0.493 e. The van der Waals surface area contributed by atoms with Gasteiger partial charge in [0.15, 0.2) is 35.7 Å². The highest BCUT2D eigenvalue weighted by Crippen LogP contribution is 2.43. The van der Waals surface area contributed by atoms with Gasteiger partial charge in [0.25, 0.3) is 0 Å². The van der Waals surface area contributed by atoms with Crippen LogP contribution in [-0.4, -0.2) is 21.0 Å². The van der Waals surface area contributed by atoms with Gasteiger partial charge in [-0.1, -0.05) is 30.3 Å². The Hall–Kier alpha value is -3.73. The number of rotatable bonds is 6. The first-order chi connectivity index (χ1) is 16.8. The van der Waals surface area contributed by atoms with E-state index in [0.717, 1.165) is 60.6 Å². The summed E-state index contributed by atoms with van der Waals surface area (Å²) in [6.45, 7) is 1.20. The molecular weight excluding hydrogens is 426 g/mol. The van der Waals surface area contributed by atoms with Gasteiger partial charge in [-0.15, -0.1) is 0 Å². The summed E-state index contributed by atoms with van der Waals surface area (Å²) in [5, 5.41) is 2.30. The highest BCUT2D eigenvalue weighted by molar-refractivity contribution is 5.95. The maximum atomic E-state index is 5.82. The van der Waals surface area contributed by atoms with Crippen molar-refractivity contribution in [3.8, 4) is 34.3 Å². The molecule has 0 radical (unpaired) electrons. The van der Waals surface area contributed by atoms with Crippen molar-refractivity contribution < 1.29 is 23.5 Å². The number of aryl methyl sites for hydroxylation is 4. The zero-order chi connectivity index (χ0) is 23.1. The lowest BCUT2D eigenvalue weighted by Gasteiger charge is -2.21. The first-order valence-electron chi connectivity index (χ1n) is 11.8. The standard InChI is InChI=1S/C29H28NO4/c1-31-25-12-11-21-22(10-6-9-19-7-4-3-5-8-19)28-23-16-27-26(33-18-34-27)15-20(23)13-14-30(28)17-24(21)29(25)32-2/h3-5,7-8,11-12,15-17H,6,9-10,13-14,18H2,1-2H3/q+1. The van der Waals surface area contributed by atoms with E-state index in [2.05, 4.69) is 59.3 Å². The van der Waals surface area contributed by atoms with Gasteiger partial charge in [-0.3, -0.25) is 0 Å². The van der Waals surface area contributed by atoms with Crippen LogP contribution in [0, 0.1) is 0 Å². The van der Waals surface area contributed by atoms with Gasteiger partial charge in [-0.2, -0.15) is 4.57 Å². The molecule has 4 aromatic rings. The maximum absolute atomic E-state index is 5.82. The maximum Gasteiger partial charge on any atom is 0.231 e. The van der Waals surface area contributed by atoms with Crippen molar-refractivity contribution >= 4 is 10.8 Å². The molecule has 0 saturated carbocycles. The number of fused-ring (bicyclic) bond motifs is 5. The van der Waals surface area contributed by atoms with Gasteiger partial charge in [0.2, 0.25) is 12.5 Å². The van der Waals surface area contributed by atoms with Crippen LogP contribution in [0.25, 0.3) is 22.0 Å². The average molecular weight is 455 g/mol. The second kappa shape index (κ2) is 8.56. The predicted molar refractivity (Wildman–Crippen MR) is 131 cm³/mol. The van der Waals surface area contributed by atoms with Crippen LogP contribution in [0.1, 0.15) is 23.1 Å². The van der Waals surface area contributed by atoms with Crippen LogP contribution in [-0.2, 0) is 25.8 Å². The van der Waals surface area contributed by atoms with E-state index in [1.54, 1.807) is 14.2 Å². The van der Waals surface area contributed by atoms with E-state index in [1.807, 2.05) is 6.07 Å². The predicted octanol–water partition coefficient (Wildman–Crippen LogP) is 5.27. The summed E-state index contributed by atoms with van der Waals surface area (Å²) in [5.74, 6) is 3.22. The van der Waals surface area contributed by atoms with E-state index in [1.165, 1.54) is 33.3 Å². The number of pyridine rings is 1. The topological polar surface area (TPSA) is 40.8 Å². The van der Waals surface area contributed by atoms with Crippen molar-refractivity contribution in [3.05, 3.63) is 77.5 Å². The van der Waals surface area contributed by atoms with Crippen LogP contribution >= 0.6 is 0 Å². The molecule has 34 heavy (non-hydrogen) atoms. The molecule has 0 unspecified atom stereocenters. The number of ether oxygens (including phenoxy) is 4. The molecule has 2 aliphatic rings.